The normalized spacial score (nSPS) is 19.0. The molecule has 2 fully saturated rings. The summed E-state index contributed by atoms with van der Waals surface area (Å²) in [7, 11) is 0. The van der Waals surface area contributed by atoms with E-state index in [9.17, 15) is 9.59 Å². The highest BCUT2D eigenvalue weighted by Crippen LogP contribution is 2.22. The number of likely N-dealkylation sites (tertiary alicyclic amines) is 1. The molecule has 2 aliphatic heterocycles. The van der Waals surface area contributed by atoms with E-state index in [0.717, 1.165) is 32.4 Å². The molecule has 0 atom stereocenters. The van der Waals surface area contributed by atoms with Crippen molar-refractivity contribution in [2.24, 2.45) is 5.92 Å². The molecule has 5 heteroatoms. The number of cyclic esters (lactones) is 1. The zero-order valence-corrected chi connectivity index (χ0v) is 13.4. The molecule has 0 aliphatic carbocycles. The van der Waals surface area contributed by atoms with Gasteiger partial charge in [0.05, 0.1) is 6.54 Å². The minimum Gasteiger partial charge on any atom is -0.448 e. The summed E-state index contributed by atoms with van der Waals surface area (Å²) < 4.78 is 4.88. The summed E-state index contributed by atoms with van der Waals surface area (Å²) in [5, 5.41) is 0. The first-order valence-corrected chi connectivity index (χ1v) is 8.46. The number of hydrogen-bond donors (Lipinski definition) is 0. The lowest BCUT2D eigenvalue weighted by Gasteiger charge is -2.32. The highest BCUT2D eigenvalue weighted by atomic mass is 16.6. The van der Waals surface area contributed by atoms with Crippen LogP contribution in [-0.4, -0.2) is 54.6 Å². The van der Waals surface area contributed by atoms with Crippen LogP contribution in [0.3, 0.4) is 0 Å². The molecule has 2 heterocycles. The van der Waals surface area contributed by atoms with Crippen LogP contribution < -0.4 is 0 Å². The molecule has 2 aliphatic rings. The Bertz CT molecular complexity index is 538. The Morgan fingerprint density at radius 1 is 1.13 bits per heavy atom. The summed E-state index contributed by atoms with van der Waals surface area (Å²) in [5.74, 6) is 0.817. The van der Waals surface area contributed by atoms with Gasteiger partial charge in [-0.15, -0.1) is 0 Å². The van der Waals surface area contributed by atoms with Crippen LogP contribution >= 0.6 is 0 Å². The lowest BCUT2D eigenvalue weighted by molar-refractivity contribution is -0.132. The molecule has 0 bridgehead atoms. The fourth-order valence-electron chi connectivity index (χ4n) is 3.35. The Labute approximate surface area is 137 Å². The number of benzene rings is 1. The molecular formula is C18H24N2O3. The lowest BCUT2D eigenvalue weighted by atomic mass is 9.90. The predicted molar refractivity (Wildman–Crippen MR) is 87.0 cm³/mol. The van der Waals surface area contributed by atoms with E-state index in [0.29, 0.717) is 32.0 Å². The molecule has 2 saturated heterocycles. The highest BCUT2D eigenvalue weighted by molar-refractivity contribution is 5.77. The van der Waals surface area contributed by atoms with Crippen LogP contribution in [0.5, 0.6) is 0 Å². The Morgan fingerprint density at radius 3 is 2.52 bits per heavy atom. The predicted octanol–water partition coefficient (Wildman–Crippen LogP) is 2.31. The summed E-state index contributed by atoms with van der Waals surface area (Å²) >= 11 is 0. The van der Waals surface area contributed by atoms with Gasteiger partial charge in [0.1, 0.15) is 6.61 Å². The van der Waals surface area contributed by atoms with E-state index in [1.165, 1.54) is 5.56 Å². The van der Waals surface area contributed by atoms with Crippen LogP contribution in [0.4, 0.5) is 4.79 Å². The van der Waals surface area contributed by atoms with Crippen LogP contribution in [0.25, 0.3) is 0 Å². The fourth-order valence-corrected chi connectivity index (χ4v) is 3.35. The molecule has 2 amide bonds. The van der Waals surface area contributed by atoms with Crippen molar-refractivity contribution in [2.45, 2.75) is 25.7 Å². The van der Waals surface area contributed by atoms with Gasteiger partial charge in [-0.25, -0.2) is 4.79 Å². The zero-order chi connectivity index (χ0) is 16.1. The molecule has 1 aromatic carbocycles. The number of carbonyl (C=O) groups is 2. The number of amides is 2. The van der Waals surface area contributed by atoms with Gasteiger partial charge in [-0.1, -0.05) is 30.3 Å². The average Bonchev–Trinajstić information content (AvgIpc) is 2.99. The topological polar surface area (TPSA) is 49.9 Å². The van der Waals surface area contributed by atoms with Crippen LogP contribution in [0.1, 0.15) is 24.8 Å². The van der Waals surface area contributed by atoms with Gasteiger partial charge in [0.2, 0.25) is 5.91 Å². The molecule has 1 aromatic rings. The van der Waals surface area contributed by atoms with Gasteiger partial charge in [0, 0.05) is 26.1 Å². The smallest absolute Gasteiger partial charge is 0.409 e. The van der Waals surface area contributed by atoms with E-state index in [1.807, 2.05) is 11.0 Å². The average molecular weight is 316 g/mol. The third-order valence-corrected chi connectivity index (χ3v) is 4.77. The molecule has 0 unspecified atom stereocenters. The van der Waals surface area contributed by atoms with Crippen molar-refractivity contribution in [3.63, 3.8) is 0 Å². The van der Waals surface area contributed by atoms with Crippen molar-refractivity contribution in [3.8, 4) is 0 Å². The van der Waals surface area contributed by atoms with E-state index in [4.69, 9.17) is 4.74 Å². The molecule has 23 heavy (non-hydrogen) atoms. The van der Waals surface area contributed by atoms with Crippen molar-refractivity contribution in [1.82, 2.24) is 9.80 Å². The quantitative estimate of drug-likeness (QED) is 0.837. The second-order valence-corrected chi connectivity index (χ2v) is 6.37. The van der Waals surface area contributed by atoms with E-state index < -0.39 is 0 Å². The SMILES string of the molecule is O=C(CCN1CCOC1=O)N1CCC(Cc2ccccc2)CC1. The Balaban J connectivity index is 1.39. The van der Waals surface area contributed by atoms with E-state index >= 15 is 0 Å². The van der Waals surface area contributed by atoms with Gasteiger partial charge >= 0.3 is 6.09 Å². The van der Waals surface area contributed by atoms with Crippen LogP contribution in [0.2, 0.25) is 0 Å². The van der Waals surface area contributed by atoms with Gasteiger partial charge in [-0.2, -0.15) is 0 Å². The summed E-state index contributed by atoms with van der Waals surface area (Å²) in [4.78, 5) is 27.2. The maximum absolute atomic E-state index is 12.3. The number of hydrogen-bond acceptors (Lipinski definition) is 3. The van der Waals surface area contributed by atoms with Crippen molar-refractivity contribution in [1.29, 1.82) is 0 Å². The van der Waals surface area contributed by atoms with E-state index in [-0.39, 0.29) is 12.0 Å². The molecule has 3 rings (SSSR count). The number of rotatable bonds is 5. The maximum Gasteiger partial charge on any atom is 0.409 e. The van der Waals surface area contributed by atoms with Gasteiger partial charge in [-0.05, 0) is 30.7 Å². The molecular weight excluding hydrogens is 292 g/mol. The fraction of sp³-hybridized carbons (Fsp3) is 0.556. The first kappa shape index (κ1) is 15.8. The molecule has 0 N–H and O–H groups in total. The number of nitrogens with zero attached hydrogens (tertiary/aromatic N) is 2. The third kappa shape index (κ3) is 4.24. The molecule has 124 valence electrons. The molecule has 0 spiro atoms. The molecule has 0 saturated carbocycles. The maximum atomic E-state index is 12.3. The van der Waals surface area contributed by atoms with Gasteiger partial charge < -0.3 is 14.5 Å². The number of carbonyl (C=O) groups excluding carboxylic acids is 2. The second-order valence-electron chi connectivity index (χ2n) is 6.37. The van der Waals surface area contributed by atoms with Gasteiger partial charge in [0.15, 0.2) is 0 Å². The minimum absolute atomic E-state index is 0.155. The number of piperidine rings is 1. The van der Waals surface area contributed by atoms with E-state index in [1.54, 1.807) is 4.90 Å². The summed E-state index contributed by atoms with van der Waals surface area (Å²) in [6.07, 6.45) is 3.33. The summed E-state index contributed by atoms with van der Waals surface area (Å²) in [6.45, 7) is 3.19. The first-order chi connectivity index (χ1) is 11.2. The second kappa shape index (κ2) is 7.49. The molecule has 0 aromatic heterocycles. The summed E-state index contributed by atoms with van der Waals surface area (Å²) in [6, 6.07) is 10.6. The standard InChI is InChI=1S/C18H24N2O3/c21-17(8-11-20-12-13-23-18(20)22)19-9-6-16(7-10-19)14-15-4-2-1-3-5-15/h1-5,16H,6-14H2. The van der Waals surface area contributed by atoms with Gasteiger partial charge in [-0.3, -0.25) is 4.79 Å². The van der Waals surface area contributed by atoms with Crippen molar-refractivity contribution < 1.29 is 14.3 Å². The Hall–Kier alpha value is -2.04. The van der Waals surface area contributed by atoms with Crippen molar-refractivity contribution in [3.05, 3.63) is 35.9 Å². The monoisotopic (exact) mass is 316 g/mol. The third-order valence-electron chi connectivity index (χ3n) is 4.77. The van der Waals surface area contributed by atoms with Crippen molar-refractivity contribution >= 4 is 12.0 Å². The number of ether oxygens (including phenoxy) is 1. The largest absolute Gasteiger partial charge is 0.448 e. The minimum atomic E-state index is -0.292. The Morgan fingerprint density at radius 2 is 1.87 bits per heavy atom. The summed E-state index contributed by atoms with van der Waals surface area (Å²) in [5.41, 5.74) is 1.38. The highest BCUT2D eigenvalue weighted by Gasteiger charge is 2.26. The van der Waals surface area contributed by atoms with Crippen molar-refractivity contribution in [2.75, 3.05) is 32.8 Å². The molecule has 0 radical (unpaired) electrons. The van der Waals surface area contributed by atoms with Crippen LogP contribution in [0.15, 0.2) is 30.3 Å². The molecule has 5 nitrogen and oxygen atoms in total. The van der Waals surface area contributed by atoms with E-state index in [2.05, 4.69) is 24.3 Å². The van der Waals surface area contributed by atoms with Crippen LogP contribution in [0, 0.1) is 5.92 Å². The first-order valence-electron chi connectivity index (χ1n) is 8.46. The lowest BCUT2D eigenvalue weighted by Crippen LogP contribution is -2.40. The van der Waals surface area contributed by atoms with Gasteiger partial charge in [0.25, 0.3) is 0 Å². The zero-order valence-electron chi connectivity index (χ0n) is 13.4. The van der Waals surface area contributed by atoms with Crippen LogP contribution in [-0.2, 0) is 16.0 Å². The Kier molecular flexibility index (Phi) is 5.16.